The van der Waals surface area contributed by atoms with Crippen LogP contribution in [0.4, 0.5) is 10.2 Å². The van der Waals surface area contributed by atoms with Crippen molar-refractivity contribution in [2.45, 2.75) is 31.5 Å². The van der Waals surface area contributed by atoms with Crippen molar-refractivity contribution in [2.24, 2.45) is 7.05 Å². The van der Waals surface area contributed by atoms with Crippen molar-refractivity contribution in [1.29, 1.82) is 5.26 Å². The van der Waals surface area contributed by atoms with Crippen molar-refractivity contribution < 1.29 is 9.13 Å². The maximum atomic E-state index is 14.1. The molecule has 8 heteroatoms. The van der Waals surface area contributed by atoms with Crippen LogP contribution in [0.25, 0.3) is 11.1 Å². The van der Waals surface area contributed by atoms with Crippen LogP contribution in [0.2, 0.25) is 0 Å². The molecule has 0 radical (unpaired) electrons. The third-order valence-electron chi connectivity index (χ3n) is 6.14. The average molecular weight is 404 g/mol. The number of ether oxygens (including phenoxy) is 1. The minimum atomic E-state index is -0.423. The number of nitrogens with two attached hydrogens (primary N) is 1. The fourth-order valence-corrected chi connectivity index (χ4v) is 4.54. The van der Waals surface area contributed by atoms with Gasteiger partial charge in [0.1, 0.15) is 23.7 Å². The van der Waals surface area contributed by atoms with Gasteiger partial charge in [-0.05, 0) is 43.3 Å². The number of aryl methyl sites for hydroxylation is 1. The number of hydrogen-bond donors (Lipinski definition) is 1. The largest absolute Gasteiger partial charge is 0.482 e. The van der Waals surface area contributed by atoms with Gasteiger partial charge in [0.05, 0.1) is 11.7 Å². The zero-order chi connectivity index (χ0) is 21.2. The first-order chi connectivity index (χ1) is 14.4. The lowest BCUT2D eigenvalue weighted by Gasteiger charge is -2.20. The van der Waals surface area contributed by atoms with E-state index in [4.69, 9.17) is 10.5 Å². The molecule has 2 aromatic heterocycles. The van der Waals surface area contributed by atoms with Gasteiger partial charge >= 0.3 is 0 Å². The van der Waals surface area contributed by atoms with Crippen molar-refractivity contribution in [2.75, 3.05) is 12.8 Å². The highest BCUT2D eigenvalue weighted by Crippen LogP contribution is 2.47. The number of nitriles is 1. The molecule has 4 atom stereocenters. The number of fused-ring (bicyclic) bond motifs is 7. The highest BCUT2D eigenvalue weighted by atomic mass is 19.1. The number of hydrogen-bond acceptors (Lipinski definition) is 6. The summed E-state index contributed by atoms with van der Waals surface area (Å²) in [5.74, 6) is 0.336. The Hall–Kier alpha value is -3.44. The number of nitrogens with zero attached hydrogens (tertiary/aromatic N) is 5. The monoisotopic (exact) mass is 404 g/mol. The number of pyridine rings is 1. The first kappa shape index (κ1) is 18.6. The molecule has 3 unspecified atom stereocenters. The van der Waals surface area contributed by atoms with Crippen molar-refractivity contribution in [1.82, 2.24) is 19.7 Å². The molecule has 3 aromatic rings. The third-order valence-corrected chi connectivity index (χ3v) is 6.14. The summed E-state index contributed by atoms with van der Waals surface area (Å²) < 4.78 is 21.9. The number of rotatable bonds is 0. The van der Waals surface area contributed by atoms with Crippen LogP contribution in [0.1, 0.15) is 41.6 Å². The molecule has 2 bridgehead atoms. The minimum absolute atomic E-state index is 0.125. The lowest BCUT2D eigenvalue weighted by atomic mass is 9.95. The van der Waals surface area contributed by atoms with Crippen molar-refractivity contribution >= 4 is 5.82 Å². The number of benzene rings is 1. The van der Waals surface area contributed by atoms with E-state index in [9.17, 15) is 9.65 Å². The predicted molar refractivity (Wildman–Crippen MR) is 109 cm³/mol. The number of aromatic nitrogens is 3. The maximum Gasteiger partial charge on any atom is 0.166 e. The lowest BCUT2D eigenvalue weighted by Crippen LogP contribution is -2.10. The van der Waals surface area contributed by atoms with Gasteiger partial charge in [0.25, 0.3) is 0 Å². The van der Waals surface area contributed by atoms with E-state index in [1.54, 1.807) is 24.0 Å². The molecule has 1 aromatic carbocycles. The normalized spacial score (nSPS) is 24.2. The molecule has 0 aliphatic carbocycles. The standard InChI is InChI=1S/C22H21FN6O/c1-11-15-7-13(23)4-5-14(15)21-17(28(21)2)8-16-20(18(9-24)29(3)27-16)12-6-19(30-11)22(25)26-10-12/h4-7,10-11,17,21H,8H2,1-3H3,(H2,25,26)/t11-,17?,21?,28?/m1/s1. The van der Waals surface area contributed by atoms with E-state index < -0.39 is 6.10 Å². The van der Waals surface area contributed by atoms with Gasteiger partial charge in [-0.25, -0.2) is 9.37 Å². The second kappa shape index (κ2) is 6.54. The van der Waals surface area contributed by atoms with Crippen molar-refractivity contribution in [3.63, 3.8) is 0 Å². The molecule has 7 nitrogen and oxygen atoms in total. The average Bonchev–Trinajstić information content (AvgIpc) is 3.21. The van der Waals surface area contributed by atoms with E-state index in [0.29, 0.717) is 17.9 Å². The van der Waals surface area contributed by atoms with Gasteiger partial charge in [0.2, 0.25) is 0 Å². The topological polar surface area (TPSA) is 92.8 Å². The Balaban J connectivity index is 1.74. The van der Waals surface area contributed by atoms with Crippen LogP contribution >= 0.6 is 0 Å². The van der Waals surface area contributed by atoms with Crippen molar-refractivity contribution in [3.05, 3.63) is 58.8 Å². The number of halogens is 1. The molecular weight excluding hydrogens is 383 g/mol. The summed E-state index contributed by atoms with van der Waals surface area (Å²) in [6.07, 6.45) is 1.88. The Kier molecular flexibility index (Phi) is 4.05. The Morgan fingerprint density at radius 1 is 1.27 bits per heavy atom. The van der Waals surface area contributed by atoms with Gasteiger partial charge in [-0.3, -0.25) is 9.58 Å². The summed E-state index contributed by atoms with van der Waals surface area (Å²) in [5, 5.41) is 14.4. The summed E-state index contributed by atoms with van der Waals surface area (Å²) in [4.78, 5) is 6.52. The molecular formula is C22H21FN6O. The summed E-state index contributed by atoms with van der Waals surface area (Å²) in [6, 6.07) is 9.21. The Morgan fingerprint density at radius 2 is 2.07 bits per heavy atom. The van der Waals surface area contributed by atoms with Gasteiger partial charge in [-0.15, -0.1) is 0 Å². The van der Waals surface area contributed by atoms with Gasteiger partial charge in [0, 0.05) is 36.8 Å². The molecule has 2 N–H and O–H groups in total. The molecule has 0 spiro atoms. The Morgan fingerprint density at radius 3 is 2.83 bits per heavy atom. The van der Waals surface area contributed by atoms with Gasteiger partial charge in [-0.2, -0.15) is 10.4 Å². The molecule has 4 heterocycles. The fraction of sp³-hybridized carbons (Fsp3) is 0.318. The molecule has 0 amide bonds. The molecule has 152 valence electrons. The Labute approximate surface area is 173 Å². The molecule has 1 saturated heterocycles. The summed E-state index contributed by atoms with van der Waals surface area (Å²) in [5.41, 5.74) is 10.7. The number of likely N-dealkylation sites (N-methyl/N-ethyl adjacent to an activating group) is 1. The Bertz CT molecular complexity index is 1210. The molecule has 30 heavy (non-hydrogen) atoms. The summed E-state index contributed by atoms with van der Waals surface area (Å²) >= 11 is 0. The zero-order valence-electron chi connectivity index (χ0n) is 16.9. The molecule has 2 aliphatic rings. The van der Waals surface area contributed by atoms with Crippen LogP contribution in [0.15, 0.2) is 30.5 Å². The van der Waals surface area contributed by atoms with Crippen LogP contribution in [0.3, 0.4) is 0 Å². The highest BCUT2D eigenvalue weighted by molar-refractivity contribution is 5.74. The summed E-state index contributed by atoms with van der Waals surface area (Å²) in [6.45, 7) is 1.88. The smallest absolute Gasteiger partial charge is 0.166 e. The zero-order valence-corrected chi connectivity index (χ0v) is 16.9. The van der Waals surface area contributed by atoms with E-state index in [1.807, 2.05) is 20.0 Å². The number of nitrogen functional groups attached to an aromatic ring is 1. The quantitative estimate of drug-likeness (QED) is 0.579. The highest BCUT2D eigenvalue weighted by Gasteiger charge is 2.47. The summed E-state index contributed by atoms with van der Waals surface area (Å²) in [7, 11) is 3.81. The predicted octanol–water partition coefficient (Wildman–Crippen LogP) is 3.13. The number of anilines is 1. The second-order valence-corrected chi connectivity index (χ2v) is 7.93. The van der Waals surface area contributed by atoms with Crippen LogP contribution in [-0.2, 0) is 13.5 Å². The van der Waals surface area contributed by atoms with Crippen molar-refractivity contribution in [3.8, 4) is 22.9 Å². The lowest BCUT2D eigenvalue weighted by molar-refractivity contribution is 0.225. The van der Waals surface area contributed by atoms with Crippen LogP contribution in [-0.4, -0.2) is 32.8 Å². The van der Waals surface area contributed by atoms with E-state index in [0.717, 1.165) is 27.9 Å². The van der Waals surface area contributed by atoms with E-state index in [2.05, 4.69) is 21.1 Å². The first-order valence-corrected chi connectivity index (χ1v) is 9.78. The van der Waals surface area contributed by atoms with E-state index in [1.165, 1.54) is 12.1 Å². The molecule has 0 saturated carbocycles. The van der Waals surface area contributed by atoms with E-state index >= 15 is 0 Å². The van der Waals surface area contributed by atoms with E-state index in [-0.39, 0.29) is 23.7 Å². The first-order valence-electron chi connectivity index (χ1n) is 9.78. The van der Waals surface area contributed by atoms with Gasteiger partial charge < -0.3 is 10.5 Å². The fourth-order valence-electron chi connectivity index (χ4n) is 4.54. The van der Waals surface area contributed by atoms with Crippen LogP contribution in [0, 0.1) is 17.1 Å². The molecule has 1 fully saturated rings. The molecule has 5 rings (SSSR count). The SMILES string of the molecule is C[C@H]1Oc2cc(cnc2N)-c2c(nn(C)c2C#N)CC2C(c3ccc(F)cc31)N2C. The van der Waals surface area contributed by atoms with Crippen LogP contribution in [0.5, 0.6) is 5.75 Å². The van der Waals surface area contributed by atoms with Crippen LogP contribution < -0.4 is 10.5 Å². The molecule has 2 aliphatic heterocycles. The second-order valence-electron chi connectivity index (χ2n) is 7.93. The maximum absolute atomic E-state index is 14.1. The van der Waals surface area contributed by atoms with Gasteiger partial charge in [-0.1, -0.05) is 6.07 Å². The minimum Gasteiger partial charge on any atom is -0.482 e. The third kappa shape index (κ3) is 2.74. The van der Waals surface area contributed by atoms with Gasteiger partial charge in [0.15, 0.2) is 11.6 Å².